The number of alkyl halides is 3. The topological polar surface area (TPSA) is 128 Å². The first kappa shape index (κ1) is 69.6. The molecular weight excluding hydrogens is 1390 g/mol. The van der Waals surface area contributed by atoms with Crippen LogP contribution in [0.4, 0.5) is 13.2 Å². The first-order valence-corrected chi connectivity index (χ1v) is 36.9. The zero-order valence-electron chi connectivity index (χ0n) is 60.6. The van der Waals surface area contributed by atoms with Gasteiger partial charge in [-0.2, -0.15) is 13.2 Å². The first-order valence-electron chi connectivity index (χ1n) is 35.2. The third-order valence-corrected chi connectivity index (χ3v) is 21.5. The molecule has 19 aromatic rings. The summed E-state index contributed by atoms with van der Waals surface area (Å²) in [6.45, 7) is 8.38. The molecule has 13 aromatic carbocycles. The molecule has 0 N–H and O–H groups in total. The number of aromatic nitrogens is 12. The van der Waals surface area contributed by atoms with Gasteiger partial charge < -0.3 is 4.74 Å². The molecule has 0 radical (unpaired) electrons. The number of fused-ring (bicyclic) bond motifs is 9. The van der Waals surface area contributed by atoms with Gasteiger partial charge in [0, 0.05) is 15.3 Å². The van der Waals surface area contributed by atoms with E-state index in [2.05, 4.69) is 206 Å². The van der Waals surface area contributed by atoms with Gasteiger partial charge in [0.1, 0.15) is 33.9 Å². The van der Waals surface area contributed by atoms with E-state index in [0.29, 0.717) is 27.6 Å². The quantitative estimate of drug-likeness (QED) is 0.113. The van der Waals surface area contributed by atoms with Crippen LogP contribution in [0.25, 0.3) is 164 Å². The van der Waals surface area contributed by atoms with E-state index in [9.17, 15) is 13.2 Å². The Balaban J connectivity index is 0.000000110. The van der Waals surface area contributed by atoms with Crippen LogP contribution in [-0.4, -0.2) is 47.4 Å². The molecule has 13 nitrogen and oxygen atoms in total. The van der Waals surface area contributed by atoms with E-state index in [1.54, 1.807) is 53.6 Å². The van der Waals surface area contributed by atoms with E-state index in [0.717, 1.165) is 102 Å². The SMILES string of the molecule is COc1ccc(C)c(-c2nc3cc4ccccc4cc3n[n+]2C)c1.Cc1c(-c2nc3cc4ccccc4cc3n[n+]2C)cc(-c2cccs2)c2ccccc12.Cc1ccc(-c2cccs2)cc1-c1nc2cc3ccccc3cc2n[n+]1C.Cc1ccccc1-c1nc2cc3ccc(C(F)(F)F)cc3cc2n[n+]1C. The number of ether oxygens (including phenoxy) is 1. The lowest BCUT2D eigenvalue weighted by molar-refractivity contribution is -0.720. The van der Waals surface area contributed by atoms with Gasteiger partial charge in [-0.05, 0) is 243 Å². The molecule has 0 aliphatic carbocycles. The number of benzene rings is 13. The van der Waals surface area contributed by atoms with Crippen molar-refractivity contribution in [1.29, 1.82) is 0 Å². The molecule has 6 aromatic heterocycles. The summed E-state index contributed by atoms with van der Waals surface area (Å²) in [5.41, 5.74) is 17.3. The van der Waals surface area contributed by atoms with Crippen molar-refractivity contribution in [3.63, 3.8) is 0 Å². The average Bonchev–Trinajstić information content (AvgIpc) is 0.955. The summed E-state index contributed by atoms with van der Waals surface area (Å²) < 4.78 is 51.5. The Labute approximate surface area is 628 Å². The van der Waals surface area contributed by atoms with Gasteiger partial charge in [-0.3, -0.25) is 0 Å². The highest BCUT2D eigenvalue weighted by Crippen LogP contribution is 2.40. The largest absolute Gasteiger partial charge is 0.497 e. The van der Waals surface area contributed by atoms with E-state index in [-0.39, 0.29) is 0 Å². The highest BCUT2D eigenvalue weighted by Gasteiger charge is 2.31. The molecule has 0 unspecified atom stereocenters. The molecule has 18 heteroatoms. The summed E-state index contributed by atoms with van der Waals surface area (Å²) in [4.78, 5) is 22.2. The molecule has 19 rings (SSSR count). The third-order valence-electron chi connectivity index (χ3n) is 19.6. The summed E-state index contributed by atoms with van der Waals surface area (Å²) in [6, 6.07) is 84.6. The number of nitrogens with zero attached hydrogens (tertiary/aromatic N) is 12. The predicted molar refractivity (Wildman–Crippen MR) is 429 cm³/mol. The number of aryl methyl sites for hydroxylation is 8. The number of hydrogen-bond donors (Lipinski definition) is 0. The Morgan fingerprint density at radius 2 is 0.704 bits per heavy atom. The van der Waals surface area contributed by atoms with Crippen LogP contribution in [0.1, 0.15) is 27.8 Å². The average molecular weight is 1460 g/mol. The minimum atomic E-state index is -4.37. The molecule has 6 heterocycles. The lowest BCUT2D eigenvalue weighted by Crippen LogP contribution is -2.37. The van der Waals surface area contributed by atoms with Crippen molar-refractivity contribution in [3.8, 4) is 72.2 Å². The molecule has 526 valence electrons. The molecule has 0 saturated carbocycles. The van der Waals surface area contributed by atoms with E-state index in [1.165, 1.54) is 81.2 Å². The maximum atomic E-state index is 12.9. The van der Waals surface area contributed by atoms with Crippen LogP contribution in [0.15, 0.2) is 266 Å². The van der Waals surface area contributed by atoms with Crippen molar-refractivity contribution >= 4 is 121 Å². The lowest BCUT2D eigenvalue weighted by atomic mass is 9.94. The number of hydrogen-bond acceptors (Lipinski definition) is 11. The Morgan fingerprint density at radius 3 is 1.17 bits per heavy atom. The van der Waals surface area contributed by atoms with Crippen molar-refractivity contribution in [2.75, 3.05) is 7.11 Å². The number of rotatable bonds is 7. The van der Waals surface area contributed by atoms with Crippen LogP contribution in [0, 0.1) is 27.7 Å². The summed E-state index contributed by atoms with van der Waals surface area (Å²) in [7, 11) is 9.33. The molecule has 0 amide bonds. The number of methoxy groups -OCH3 is 1. The fraction of sp³-hybridized carbons (Fsp3) is 0.111. The maximum Gasteiger partial charge on any atom is 0.416 e. The maximum absolute atomic E-state index is 12.9. The summed E-state index contributed by atoms with van der Waals surface area (Å²) >= 11 is 3.52. The van der Waals surface area contributed by atoms with Crippen molar-refractivity contribution in [1.82, 2.24) is 40.3 Å². The van der Waals surface area contributed by atoms with Gasteiger partial charge in [-0.1, -0.05) is 172 Å². The summed E-state index contributed by atoms with van der Waals surface area (Å²) in [6.07, 6.45) is -4.37. The van der Waals surface area contributed by atoms with Gasteiger partial charge in [0.05, 0.1) is 34.9 Å². The Kier molecular flexibility index (Phi) is 18.6. The fourth-order valence-corrected chi connectivity index (χ4v) is 15.4. The molecule has 0 aliphatic heterocycles. The Bertz CT molecular complexity index is 6730. The molecule has 108 heavy (non-hydrogen) atoms. The zero-order valence-corrected chi connectivity index (χ0v) is 62.3. The minimum absolute atomic E-state index is 0.491. The molecular formula is C90H71F3N12OS2+4. The monoisotopic (exact) mass is 1460 g/mol. The van der Waals surface area contributed by atoms with Gasteiger partial charge in [0.25, 0.3) is 0 Å². The smallest absolute Gasteiger partial charge is 0.416 e. The normalized spacial score (nSPS) is 11.5. The van der Waals surface area contributed by atoms with Crippen molar-refractivity contribution < 1.29 is 36.6 Å². The van der Waals surface area contributed by atoms with Gasteiger partial charge in [0.15, 0.2) is 22.1 Å². The van der Waals surface area contributed by atoms with Gasteiger partial charge in [0.2, 0.25) is 22.1 Å². The van der Waals surface area contributed by atoms with E-state index in [4.69, 9.17) is 40.0 Å². The van der Waals surface area contributed by atoms with Crippen LogP contribution in [-0.2, 0) is 34.4 Å². The summed E-state index contributed by atoms with van der Waals surface area (Å²) in [5.74, 6) is 4.12. The second-order valence-corrected chi connectivity index (χ2v) is 28.7. The lowest BCUT2D eigenvalue weighted by Gasteiger charge is -2.12. The molecule has 0 aliphatic rings. The van der Waals surface area contributed by atoms with Crippen molar-refractivity contribution in [3.05, 3.63) is 293 Å². The predicted octanol–water partition coefficient (Wildman–Crippen LogP) is 20.0. The van der Waals surface area contributed by atoms with Crippen LogP contribution in [0.3, 0.4) is 0 Å². The molecule has 0 bridgehead atoms. The standard InChI is InChI=1S/C27H20N3S.C23H18N3S.C20H15F3N3.C20H18N3O/c1-17-20-10-5-6-11-21(20)23(26-12-7-13-31-26)16-22(17)27-28-24-14-18-8-3-4-9-19(18)15-25(24)29-30(27)2;1-15-9-10-18(22-8-5-11-27-22)12-19(15)23-24-20-13-16-6-3-4-7-17(16)14-21(20)25-26(23)2;1-12-5-3-4-6-16(12)19-24-17-10-13-7-8-15(20(21,22)23)9-14(13)11-18(17)25-26(19)2;1-13-8-9-16(24-3)12-17(13)20-21-18-10-14-6-4-5-7-15(14)11-19(18)22-23(20)2/h3-16H,1-2H3;3-14H,1-2H3;3-11H,1-2H3;4-12H,1-3H3/q4*+1. The highest BCUT2D eigenvalue weighted by atomic mass is 32.1. The molecule has 0 saturated heterocycles. The van der Waals surface area contributed by atoms with E-state index >= 15 is 0 Å². The summed E-state index contributed by atoms with van der Waals surface area (Å²) in [5, 5.41) is 33.9. The molecule has 0 spiro atoms. The van der Waals surface area contributed by atoms with Crippen molar-refractivity contribution in [2.24, 2.45) is 28.2 Å². The van der Waals surface area contributed by atoms with Crippen LogP contribution >= 0.6 is 22.7 Å². The minimum Gasteiger partial charge on any atom is -0.497 e. The van der Waals surface area contributed by atoms with Crippen LogP contribution < -0.4 is 23.5 Å². The highest BCUT2D eigenvalue weighted by molar-refractivity contribution is 7.13. The Hall–Kier alpha value is -12.8. The van der Waals surface area contributed by atoms with E-state index in [1.807, 2.05) is 96.7 Å². The third kappa shape index (κ3) is 13.9. The van der Waals surface area contributed by atoms with Crippen LogP contribution in [0.2, 0.25) is 0 Å². The molecule has 0 fully saturated rings. The number of halogens is 3. The van der Waals surface area contributed by atoms with Gasteiger partial charge in [-0.15, -0.1) is 41.4 Å². The van der Waals surface area contributed by atoms with E-state index < -0.39 is 11.7 Å². The second kappa shape index (κ2) is 28.9. The van der Waals surface area contributed by atoms with Crippen LogP contribution in [0.5, 0.6) is 5.75 Å². The Morgan fingerprint density at radius 1 is 0.315 bits per heavy atom. The molecule has 0 atom stereocenters. The van der Waals surface area contributed by atoms with Gasteiger partial charge >= 0.3 is 29.5 Å². The van der Waals surface area contributed by atoms with Gasteiger partial charge in [-0.25, -0.2) is 0 Å². The zero-order chi connectivity index (χ0) is 74.5. The van der Waals surface area contributed by atoms with Crippen molar-refractivity contribution in [2.45, 2.75) is 33.9 Å². The second-order valence-electron chi connectivity index (χ2n) is 26.8. The number of thiophene rings is 2. The fourth-order valence-electron chi connectivity index (χ4n) is 13.9. The first-order chi connectivity index (χ1) is 52.4.